The molecule has 20 heavy (non-hydrogen) atoms. The van der Waals surface area contributed by atoms with Crippen molar-refractivity contribution in [3.63, 3.8) is 0 Å². The van der Waals surface area contributed by atoms with Crippen molar-refractivity contribution < 1.29 is 14.3 Å². The molecule has 0 bridgehead atoms. The quantitative estimate of drug-likeness (QED) is 0.928. The van der Waals surface area contributed by atoms with Crippen LogP contribution < -0.4 is 0 Å². The first-order valence-electron chi connectivity index (χ1n) is 6.85. The van der Waals surface area contributed by atoms with E-state index < -0.39 is 5.97 Å². The molecule has 4 nitrogen and oxygen atoms in total. The Labute approximate surface area is 117 Å². The lowest BCUT2D eigenvalue weighted by atomic mass is 10.2. The van der Waals surface area contributed by atoms with E-state index in [2.05, 4.69) is 0 Å². The van der Waals surface area contributed by atoms with Crippen LogP contribution in [-0.2, 0) is 11.3 Å². The predicted octanol–water partition coefficient (Wildman–Crippen LogP) is 3.00. The number of nitrogens with zero attached hydrogens (tertiary/aromatic N) is 1. The maximum absolute atomic E-state index is 11.2. The zero-order valence-corrected chi connectivity index (χ0v) is 11.2. The Kier molecular flexibility index (Phi) is 3.56. The molecule has 2 heterocycles. The largest absolute Gasteiger partial charge is 0.480 e. The van der Waals surface area contributed by atoms with Gasteiger partial charge in [0.25, 0.3) is 0 Å². The monoisotopic (exact) mass is 271 g/mol. The molecular weight excluding hydrogens is 254 g/mol. The summed E-state index contributed by atoms with van der Waals surface area (Å²) in [5.41, 5.74) is 1.04. The molecule has 0 unspecified atom stereocenters. The lowest BCUT2D eigenvalue weighted by Gasteiger charge is -2.19. The first-order valence-corrected chi connectivity index (χ1v) is 6.85. The maximum Gasteiger partial charge on any atom is 0.320 e. The van der Waals surface area contributed by atoms with Gasteiger partial charge in [0.15, 0.2) is 0 Å². The molecule has 1 aliphatic rings. The molecule has 1 fully saturated rings. The third kappa shape index (κ3) is 2.60. The van der Waals surface area contributed by atoms with Gasteiger partial charge in [0.05, 0.1) is 6.54 Å². The van der Waals surface area contributed by atoms with Gasteiger partial charge in [0.1, 0.15) is 17.6 Å². The summed E-state index contributed by atoms with van der Waals surface area (Å²) in [6, 6.07) is 13.4. The van der Waals surface area contributed by atoms with Crippen LogP contribution in [0.2, 0.25) is 0 Å². The number of rotatable bonds is 4. The molecule has 4 heteroatoms. The molecule has 3 rings (SSSR count). The number of hydrogen-bond acceptors (Lipinski definition) is 3. The van der Waals surface area contributed by atoms with Crippen molar-refractivity contribution >= 4 is 5.97 Å². The van der Waals surface area contributed by atoms with E-state index in [-0.39, 0.29) is 6.04 Å². The van der Waals surface area contributed by atoms with Crippen LogP contribution in [0.25, 0.3) is 11.3 Å². The summed E-state index contributed by atoms with van der Waals surface area (Å²) in [7, 11) is 0. The van der Waals surface area contributed by atoms with Crippen LogP contribution in [-0.4, -0.2) is 28.6 Å². The van der Waals surface area contributed by atoms with Crippen molar-refractivity contribution in [2.75, 3.05) is 6.54 Å². The summed E-state index contributed by atoms with van der Waals surface area (Å²) in [5.74, 6) is 0.904. The fraction of sp³-hybridized carbons (Fsp3) is 0.312. The molecule has 1 N–H and O–H groups in total. The Bertz CT molecular complexity index is 591. The van der Waals surface area contributed by atoms with E-state index in [1.165, 1.54) is 0 Å². The van der Waals surface area contributed by atoms with Crippen LogP contribution in [0.3, 0.4) is 0 Å². The highest BCUT2D eigenvalue weighted by Gasteiger charge is 2.30. The molecule has 0 amide bonds. The smallest absolute Gasteiger partial charge is 0.320 e. The van der Waals surface area contributed by atoms with Gasteiger partial charge in [-0.2, -0.15) is 0 Å². The van der Waals surface area contributed by atoms with Gasteiger partial charge in [0, 0.05) is 5.56 Å². The Morgan fingerprint density at radius 3 is 2.80 bits per heavy atom. The highest BCUT2D eigenvalue weighted by Crippen LogP contribution is 2.25. The van der Waals surface area contributed by atoms with Gasteiger partial charge in [-0.3, -0.25) is 9.69 Å². The molecule has 0 radical (unpaired) electrons. The molecule has 104 valence electrons. The van der Waals surface area contributed by atoms with E-state index in [0.29, 0.717) is 6.54 Å². The van der Waals surface area contributed by atoms with E-state index in [1.54, 1.807) is 0 Å². The lowest BCUT2D eigenvalue weighted by Crippen LogP contribution is -2.35. The average Bonchev–Trinajstić information content (AvgIpc) is 3.09. The van der Waals surface area contributed by atoms with Crippen LogP contribution in [0, 0.1) is 0 Å². The molecule has 1 atom stereocenters. The van der Waals surface area contributed by atoms with Crippen molar-refractivity contribution in [3.05, 3.63) is 48.2 Å². The minimum atomic E-state index is -0.739. The van der Waals surface area contributed by atoms with Gasteiger partial charge >= 0.3 is 5.97 Å². The maximum atomic E-state index is 11.2. The van der Waals surface area contributed by atoms with E-state index in [0.717, 1.165) is 36.5 Å². The van der Waals surface area contributed by atoms with Crippen LogP contribution in [0.1, 0.15) is 18.6 Å². The summed E-state index contributed by atoms with van der Waals surface area (Å²) in [6.07, 6.45) is 1.66. The fourth-order valence-electron chi connectivity index (χ4n) is 2.72. The van der Waals surface area contributed by atoms with Crippen LogP contribution in [0.15, 0.2) is 46.9 Å². The first kappa shape index (κ1) is 12.9. The summed E-state index contributed by atoms with van der Waals surface area (Å²) >= 11 is 0. The van der Waals surface area contributed by atoms with Crippen molar-refractivity contribution in [1.82, 2.24) is 4.90 Å². The molecule has 0 saturated carbocycles. The molecular formula is C16H17NO3. The van der Waals surface area contributed by atoms with Gasteiger partial charge in [-0.15, -0.1) is 0 Å². The zero-order chi connectivity index (χ0) is 13.9. The second kappa shape index (κ2) is 5.51. The van der Waals surface area contributed by atoms with Gasteiger partial charge in [-0.25, -0.2) is 0 Å². The Morgan fingerprint density at radius 2 is 2.05 bits per heavy atom. The minimum Gasteiger partial charge on any atom is -0.480 e. The molecule has 1 saturated heterocycles. The second-order valence-corrected chi connectivity index (χ2v) is 5.10. The second-order valence-electron chi connectivity index (χ2n) is 5.10. The number of carboxylic acid groups (broad SMARTS) is 1. The van der Waals surface area contributed by atoms with Crippen LogP contribution in [0.5, 0.6) is 0 Å². The first-order chi connectivity index (χ1) is 9.74. The van der Waals surface area contributed by atoms with Crippen molar-refractivity contribution in [2.24, 2.45) is 0 Å². The average molecular weight is 271 g/mol. The SMILES string of the molecule is O=C(O)[C@H]1CCCN1Cc1ccc(-c2ccccc2)o1. The Hall–Kier alpha value is -2.07. The highest BCUT2D eigenvalue weighted by atomic mass is 16.4. The molecule has 2 aromatic rings. The number of hydrogen-bond donors (Lipinski definition) is 1. The van der Waals surface area contributed by atoms with Crippen LogP contribution in [0.4, 0.5) is 0 Å². The van der Waals surface area contributed by atoms with Crippen molar-refractivity contribution in [3.8, 4) is 11.3 Å². The summed E-state index contributed by atoms with van der Waals surface area (Å²) < 4.78 is 5.83. The van der Waals surface area contributed by atoms with Gasteiger partial charge in [-0.05, 0) is 31.5 Å². The number of likely N-dealkylation sites (tertiary alicyclic amines) is 1. The number of furan rings is 1. The third-order valence-corrected chi connectivity index (χ3v) is 3.73. The minimum absolute atomic E-state index is 0.375. The topological polar surface area (TPSA) is 53.7 Å². The van der Waals surface area contributed by atoms with Crippen molar-refractivity contribution in [2.45, 2.75) is 25.4 Å². The van der Waals surface area contributed by atoms with Gasteiger partial charge in [-0.1, -0.05) is 30.3 Å². The van der Waals surface area contributed by atoms with Crippen molar-refractivity contribution in [1.29, 1.82) is 0 Å². The highest BCUT2D eigenvalue weighted by molar-refractivity contribution is 5.73. The normalized spacial score (nSPS) is 19.3. The molecule has 1 aromatic heterocycles. The zero-order valence-electron chi connectivity index (χ0n) is 11.2. The number of aliphatic carboxylic acids is 1. The summed E-state index contributed by atoms with van der Waals surface area (Å²) in [5, 5.41) is 9.17. The summed E-state index contributed by atoms with van der Waals surface area (Å²) in [6.45, 7) is 1.38. The Balaban J connectivity index is 1.73. The van der Waals surface area contributed by atoms with E-state index in [4.69, 9.17) is 4.42 Å². The van der Waals surface area contributed by atoms with Crippen LogP contribution >= 0.6 is 0 Å². The van der Waals surface area contributed by atoms with Gasteiger partial charge < -0.3 is 9.52 Å². The van der Waals surface area contributed by atoms with E-state index in [1.807, 2.05) is 47.4 Å². The molecule has 0 spiro atoms. The van der Waals surface area contributed by atoms with Gasteiger partial charge in [0.2, 0.25) is 0 Å². The Morgan fingerprint density at radius 1 is 1.25 bits per heavy atom. The number of carboxylic acids is 1. The third-order valence-electron chi connectivity index (χ3n) is 3.73. The molecule has 1 aliphatic heterocycles. The lowest BCUT2D eigenvalue weighted by molar-refractivity contribution is -0.142. The summed E-state index contributed by atoms with van der Waals surface area (Å²) in [4.78, 5) is 13.1. The number of benzene rings is 1. The molecule has 0 aliphatic carbocycles. The molecule has 1 aromatic carbocycles. The standard InChI is InChI=1S/C16H17NO3/c18-16(19)14-7-4-10-17(14)11-13-8-9-15(20-13)12-5-2-1-3-6-12/h1-3,5-6,8-9,14H,4,7,10-11H2,(H,18,19)/t14-/m1/s1. The van der Waals surface area contributed by atoms with E-state index >= 15 is 0 Å². The number of carbonyl (C=O) groups is 1. The fourth-order valence-corrected chi connectivity index (χ4v) is 2.72. The van der Waals surface area contributed by atoms with E-state index in [9.17, 15) is 9.90 Å². The predicted molar refractivity (Wildman–Crippen MR) is 75.2 cm³/mol.